The van der Waals surface area contributed by atoms with Gasteiger partial charge in [0.15, 0.2) is 5.96 Å². The zero-order valence-electron chi connectivity index (χ0n) is 16.7. The van der Waals surface area contributed by atoms with Crippen LogP contribution in [-0.2, 0) is 20.9 Å². The van der Waals surface area contributed by atoms with Gasteiger partial charge in [-0.05, 0) is 30.0 Å². The lowest BCUT2D eigenvalue weighted by molar-refractivity contribution is -0.145. The van der Waals surface area contributed by atoms with Crippen molar-refractivity contribution in [3.8, 4) is 5.75 Å². The van der Waals surface area contributed by atoms with Gasteiger partial charge in [0.2, 0.25) is 0 Å². The van der Waals surface area contributed by atoms with Crippen molar-refractivity contribution >= 4 is 11.9 Å². The van der Waals surface area contributed by atoms with Gasteiger partial charge >= 0.3 is 5.97 Å². The number of benzene rings is 1. The third-order valence-corrected chi connectivity index (χ3v) is 4.80. The molecule has 150 valence electrons. The van der Waals surface area contributed by atoms with E-state index in [-0.39, 0.29) is 17.8 Å². The summed E-state index contributed by atoms with van der Waals surface area (Å²) < 4.78 is 15.8. The zero-order valence-corrected chi connectivity index (χ0v) is 16.7. The molecule has 0 amide bonds. The first kappa shape index (κ1) is 21.0. The predicted molar refractivity (Wildman–Crippen MR) is 105 cm³/mol. The average molecular weight is 377 g/mol. The summed E-state index contributed by atoms with van der Waals surface area (Å²) in [6.07, 6.45) is 0.874. The van der Waals surface area contributed by atoms with E-state index in [2.05, 4.69) is 22.1 Å². The fourth-order valence-corrected chi connectivity index (χ4v) is 3.22. The standard InChI is InChI=1S/C20H31N3O4/c1-15-12-23(13-18(15)19(24)26-4)20(21-2)22-10-5-11-27-14-16-6-8-17(25-3)9-7-16/h6-9,15,18H,5,10-14H2,1-4H3,(H,21,22). The van der Waals surface area contributed by atoms with Crippen LogP contribution in [0.5, 0.6) is 5.75 Å². The minimum absolute atomic E-state index is 0.0959. The van der Waals surface area contributed by atoms with Crippen molar-refractivity contribution in [3.05, 3.63) is 29.8 Å². The van der Waals surface area contributed by atoms with Gasteiger partial charge in [0.25, 0.3) is 0 Å². The number of rotatable bonds is 8. The maximum Gasteiger partial charge on any atom is 0.310 e. The highest BCUT2D eigenvalue weighted by molar-refractivity contribution is 5.82. The molecular formula is C20H31N3O4. The summed E-state index contributed by atoms with van der Waals surface area (Å²) >= 11 is 0. The summed E-state index contributed by atoms with van der Waals surface area (Å²) in [6, 6.07) is 7.88. The van der Waals surface area contributed by atoms with E-state index in [1.807, 2.05) is 24.3 Å². The Balaban J connectivity index is 1.65. The molecule has 1 saturated heterocycles. The quantitative estimate of drug-likeness (QED) is 0.323. The van der Waals surface area contributed by atoms with Gasteiger partial charge in [0.1, 0.15) is 5.75 Å². The molecule has 27 heavy (non-hydrogen) atoms. The Morgan fingerprint density at radius 2 is 2.00 bits per heavy atom. The molecule has 1 aliphatic heterocycles. The number of hydrogen-bond donors (Lipinski definition) is 1. The maximum absolute atomic E-state index is 11.8. The summed E-state index contributed by atoms with van der Waals surface area (Å²) in [4.78, 5) is 18.3. The van der Waals surface area contributed by atoms with Crippen LogP contribution in [0.1, 0.15) is 18.9 Å². The minimum atomic E-state index is -0.146. The molecule has 0 radical (unpaired) electrons. The predicted octanol–water partition coefficient (Wildman–Crippen LogP) is 1.92. The van der Waals surface area contributed by atoms with Crippen molar-refractivity contribution in [2.45, 2.75) is 20.0 Å². The van der Waals surface area contributed by atoms with Gasteiger partial charge in [0, 0.05) is 33.3 Å². The first-order valence-electron chi connectivity index (χ1n) is 9.33. The lowest BCUT2D eigenvalue weighted by atomic mass is 9.99. The van der Waals surface area contributed by atoms with Gasteiger partial charge < -0.3 is 24.4 Å². The number of methoxy groups -OCH3 is 2. The third-order valence-electron chi connectivity index (χ3n) is 4.80. The Morgan fingerprint density at radius 1 is 1.26 bits per heavy atom. The number of ether oxygens (including phenoxy) is 3. The normalized spacial score (nSPS) is 19.9. The molecule has 0 spiro atoms. The van der Waals surface area contributed by atoms with Crippen LogP contribution in [0.3, 0.4) is 0 Å². The van der Waals surface area contributed by atoms with Crippen LogP contribution >= 0.6 is 0 Å². The molecule has 0 saturated carbocycles. The molecule has 7 heteroatoms. The summed E-state index contributed by atoms with van der Waals surface area (Å²) in [5.41, 5.74) is 1.12. The minimum Gasteiger partial charge on any atom is -0.497 e. The lowest BCUT2D eigenvalue weighted by Crippen LogP contribution is -2.41. The van der Waals surface area contributed by atoms with Crippen molar-refractivity contribution < 1.29 is 19.0 Å². The fraction of sp³-hybridized carbons (Fsp3) is 0.600. The topological polar surface area (TPSA) is 72.4 Å². The van der Waals surface area contributed by atoms with Crippen LogP contribution < -0.4 is 10.1 Å². The van der Waals surface area contributed by atoms with E-state index >= 15 is 0 Å². The molecule has 7 nitrogen and oxygen atoms in total. The Labute approximate surface area is 161 Å². The monoisotopic (exact) mass is 377 g/mol. The van der Waals surface area contributed by atoms with E-state index in [4.69, 9.17) is 14.2 Å². The fourth-order valence-electron chi connectivity index (χ4n) is 3.22. The summed E-state index contributed by atoms with van der Waals surface area (Å²) in [7, 11) is 4.86. The van der Waals surface area contributed by atoms with Crippen LogP contribution in [0.15, 0.2) is 29.3 Å². The third kappa shape index (κ3) is 6.13. The van der Waals surface area contributed by atoms with Crippen molar-refractivity contribution in [2.24, 2.45) is 16.8 Å². The van der Waals surface area contributed by atoms with E-state index in [0.29, 0.717) is 19.8 Å². The van der Waals surface area contributed by atoms with Crippen molar-refractivity contribution in [3.63, 3.8) is 0 Å². The largest absolute Gasteiger partial charge is 0.497 e. The number of carbonyl (C=O) groups excluding carboxylic acids is 1. The van der Waals surface area contributed by atoms with Gasteiger partial charge in [-0.2, -0.15) is 0 Å². The average Bonchev–Trinajstić information content (AvgIpc) is 3.08. The second-order valence-electron chi connectivity index (χ2n) is 6.74. The Hall–Kier alpha value is -2.28. The Bertz CT molecular complexity index is 618. The summed E-state index contributed by atoms with van der Waals surface area (Å²) in [5, 5.41) is 3.35. The first-order chi connectivity index (χ1) is 13.1. The number of esters is 1. The van der Waals surface area contributed by atoms with E-state index in [1.54, 1.807) is 14.2 Å². The van der Waals surface area contributed by atoms with E-state index in [1.165, 1.54) is 7.11 Å². The van der Waals surface area contributed by atoms with Crippen LogP contribution in [0.25, 0.3) is 0 Å². The number of nitrogens with zero attached hydrogens (tertiary/aromatic N) is 2. The summed E-state index contributed by atoms with van der Waals surface area (Å²) in [5.74, 6) is 1.68. The molecule has 0 bridgehead atoms. The number of likely N-dealkylation sites (tertiary alicyclic amines) is 1. The van der Waals surface area contributed by atoms with Gasteiger partial charge in [-0.3, -0.25) is 9.79 Å². The van der Waals surface area contributed by atoms with Crippen LogP contribution in [-0.4, -0.2) is 64.3 Å². The number of aliphatic imine (C=N–C) groups is 1. The van der Waals surface area contributed by atoms with Crippen LogP contribution in [0, 0.1) is 11.8 Å². The van der Waals surface area contributed by atoms with Crippen LogP contribution in [0.2, 0.25) is 0 Å². The highest BCUT2D eigenvalue weighted by atomic mass is 16.5. The van der Waals surface area contributed by atoms with Gasteiger partial charge in [-0.25, -0.2) is 0 Å². The molecule has 2 unspecified atom stereocenters. The number of nitrogens with one attached hydrogen (secondary N) is 1. The van der Waals surface area contributed by atoms with Crippen LogP contribution in [0.4, 0.5) is 0 Å². The molecule has 2 atom stereocenters. The Kier molecular flexibility index (Phi) is 8.39. The van der Waals surface area contributed by atoms with E-state index < -0.39 is 0 Å². The molecule has 1 N–H and O–H groups in total. The van der Waals surface area contributed by atoms with Crippen molar-refractivity contribution in [1.29, 1.82) is 0 Å². The molecule has 1 aliphatic rings. The first-order valence-corrected chi connectivity index (χ1v) is 9.33. The van der Waals surface area contributed by atoms with Gasteiger partial charge in [-0.1, -0.05) is 19.1 Å². The Morgan fingerprint density at radius 3 is 2.63 bits per heavy atom. The molecule has 0 aliphatic carbocycles. The number of hydrogen-bond acceptors (Lipinski definition) is 5. The summed E-state index contributed by atoms with van der Waals surface area (Å²) in [6.45, 7) is 5.53. The molecule has 1 heterocycles. The van der Waals surface area contributed by atoms with Crippen molar-refractivity contribution in [1.82, 2.24) is 10.2 Å². The van der Waals surface area contributed by atoms with Gasteiger partial charge in [0.05, 0.1) is 26.7 Å². The molecule has 1 fully saturated rings. The molecule has 1 aromatic rings. The second kappa shape index (κ2) is 10.8. The lowest BCUT2D eigenvalue weighted by Gasteiger charge is -2.21. The van der Waals surface area contributed by atoms with E-state index in [0.717, 1.165) is 36.8 Å². The second-order valence-corrected chi connectivity index (χ2v) is 6.74. The van der Waals surface area contributed by atoms with E-state index in [9.17, 15) is 4.79 Å². The molecule has 1 aromatic carbocycles. The zero-order chi connectivity index (χ0) is 19.6. The van der Waals surface area contributed by atoms with Crippen molar-refractivity contribution in [2.75, 3.05) is 47.5 Å². The molecule has 2 rings (SSSR count). The van der Waals surface area contributed by atoms with Gasteiger partial charge in [-0.15, -0.1) is 0 Å². The maximum atomic E-state index is 11.8. The smallest absolute Gasteiger partial charge is 0.310 e. The number of carbonyl (C=O) groups is 1. The highest BCUT2D eigenvalue weighted by Crippen LogP contribution is 2.24. The number of guanidine groups is 1. The molecular weight excluding hydrogens is 346 g/mol. The molecule has 0 aromatic heterocycles. The highest BCUT2D eigenvalue weighted by Gasteiger charge is 2.36. The SMILES string of the molecule is CN=C(NCCCOCc1ccc(OC)cc1)N1CC(C)C(C(=O)OC)C1.